The molecule has 0 saturated heterocycles. The number of aromatic nitrogens is 1. The van der Waals surface area contributed by atoms with Crippen LogP contribution in [-0.4, -0.2) is 17.5 Å². The lowest BCUT2D eigenvalue weighted by molar-refractivity contribution is -0.119. The Morgan fingerprint density at radius 3 is 2.75 bits per heavy atom. The Kier molecular flexibility index (Phi) is 4.52. The van der Waals surface area contributed by atoms with Gasteiger partial charge in [0.15, 0.2) is 5.76 Å². The van der Waals surface area contributed by atoms with Gasteiger partial charge in [0.25, 0.3) is 5.88 Å². The van der Waals surface area contributed by atoms with E-state index in [1.807, 2.05) is 20.8 Å². The maximum absolute atomic E-state index is 11.5. The maximum atomic E-state index is 11.5. The van der Waals surface area contributed by atoms with Crippen LogP contribution in [0.25, 0.3) is 0 Å². The first-order valence-corrected chi connectivity index (χ1v) is 5.66. The summed E-state index contributed by atoms with van der Waals surface area (Å²) in [5.74, 6) is 1.11. The third kappa shape index (κ3) is 3.08. The number of ketones is 1. The number of hydrogen-bond acceptors (Lipinski definition) is 4. The molecule has 1 heterocycles. The summed E-state index contributed by atoms with van der Waals surface area (Å²) in [7, 11) is 0. The van der Waals surface area contributed by atoms with Crippen LogP contribution >= 0.6 is 0 Å². The highest BCUT2D eigenvalue weighted by Crippen LogP contribution is 2.27. The lowest BCUT2D eigenvalue weighted by Crippen LogP contribution is -2.14. The monoisotopic (exact) mass is 225 g/mol. The molecule has 1 atom stereocenters. The highest BCUT2D eigenvalue weighted by Gasteiger charge is 2.25. The second kappa shape index (κ2) is 5.68. The summed E-state index contributed by atoms with van der Waals surface area (Å²) >= 11 is 0. The zero-order valence-corrected chi connectivity index (χ0v) is 10.3. The summed E-state index contributed by atoms with van der Waals surface area (Å²) in [6.45, 7) is 8.17. The quantitative estimate of drug-likeness (QED) is 0.747. The van der Waals surface area contributed by atoms with Gasteiger partial charge in [-0.2, -0.15) is 0 Å². The van der Waals surface area contributed by atoms with Crippen molar-refractivity contribution in [2.24, 2.45) is 5.92 Å². The van der Waals surface area contributed by atoms with Gasteiger partial charge >= 0.3 is 0 Å². The van der Waals surface area contributed by atoms with E-state index in [-0.39, 0.29) is 17.6 Å². The van der Waals surface area contributed by atoms with Crippen LogP contribution < -0.4 is 4.74 Å². The maximum Gasteiger partial charge on any atom is 0.254 e. The van der Waals surface area contributed by atoms with Crippen LogP contribution in [0.4, 0.5) is 0 Å². The minimum atomic E-state index is -0.230. The van der Waals surface area contributed by atoms with Gasteiger partial charge in [-0.1, -0.05) is 20.8 Å². The fourth-order valence-electron chi connectivity index (χ4n) is 1.69. The van der Waals surface area contributed by atoms with E-state index in [2.05, 4.69) is 5.16 Å². The summed E-state index contributed by atoms with van der Waals surface area (Å²) < 4.78 is 10.5. The molecule has 0 aliphatic heterocycles. The minimum absolute atomic E-state index is 0.0909. The Morgan fingerprint density at radius 1 is 1.56 bits per heavy atom. The molecular weight excluding hydrogens is 206 g/mol. The summed E-state index contributed by atoms with van der Waals surface area (Å²) in [6.07, 6.45) is 0.919. The van der Waals surface area contributed by atoms with Crippen molar-refractivity contribution in [1.29, 1.82) is 0 Å². The van der Waals surface area contributed by atoms with E-state index in [1.165, 1.54) is 0 Å². The predicted molar refractivity (Wildman–Crippen MR) is 60.5 cm³/mol. The van der Waals surface area contributed by atoms with Crippen molar-refractivity contribution >= 4 is 5.78 Å². The molecule has 4 heteroatoms. The molecule has 0 aliphatic carbocycles. The van der Waals surface area contributed by atoms with Gasteiger partial charge in [0.1, 0.15) is 5.78 Å². The van der Waals surface area contributed by atoms with E-state index >= 15 is 0 Å². The van der Waals surface area contributed by atoms with Crippen LogP contribution in [0.1, 0.15) is 45.8 Å². The van der Waals surface area contributed by atoms with Gasteiger partial charge in [-0.15, -0.1) is 0 Å². The molecule has 0 radical (unpaired) electrons. The third-order valence-electron chi connectivity index (χ3n) is 2.37. The Morgan fingerprint density at radius 2 is 2.25 bits per heavy atom. The van der Waals surface area contributed by atoms with Crippen molar-refractivity contribution in [3.63, 3.8) is 0 Å². The zero-order valence-electron chi connectivity index (χ0n) is 10.3. The van der Waals surface area contributed by atoms with Crippen LogP contribution in [0.5, 0.6) is 5.88 Å². The minimum Gasteiger partial charge on any atom is -0.476 e. The van der Waals surface area contributed by atoms with E-state index < -0.39 is 0 Å². The molecule has 16 heavy (non-hydrogen) atoms. The van der Waals surface area contributed by atoms with Crippen molar-refractivity contribution in [2.75, 3.05) is 6.61 Å². The molecule has 0 fully saturated rings. The van der Waals surface area contributed by atoms with Crippen LogP contribution in [0.15, 0.2) is 10.6 Å². The number of nitrogens with zero attached hydrogens (tertiary/aromatic N) is 1. The molecule has 1 rings (SSSR count). The van der Waals surface area contributed by atoms with Gasteiger partial charge in [-0.3, -0.25) is 4.79 Å². The lowest BCUT2D eigenvalue weighted by atomic mass is 9.90. The number of hydrogen-bond donors (Lipinski definition) is 0. The SMILES string of the molecule is CCCOc1cc(C(C(C)=O)C(C)C)on1. The summed E-state index contributed by atoms with van der Waals surface area (Å²) in [4.78, 5) is 11.5. The third-order valence-corrected chi connectivity index (χ3v) is 2.37. The summed E-state index contributed by atoms with van der Waals surface area (Å²) in [5.41, 5.74) is 0. The molecule has 0 aromatic carbocycles. The van der Waals surface area contributed by atoms with Crippen molar-refractivity contribution < 1.29 is 14.1 Å². The molecular formula is C12H19NO3. The van der Waals surface area contributed by atoms with Crippen LogP contribution in [0.2, 0.25) is 0 Å². The van der Waals surface area contributed by atoms with E-state index in [0.29, 0.717) is 18.2 Å². The first-order valence-electron chi connectivity index (χ1n) is 5.66. The highest BCUT2D eigenvalue weighted by molar-refractivity contribution is 5.82. The summed E-state index contributed by atoms with van der Waals surface area (Å²) in [5, 5.41) is 3.79. The largest absolute Gasteiger partial charge is 0.476 e. The molecule has 0 bridgehead atoms. The van der Waals surface area contributed by atoms with Gasteiger partial charge in [-0.05, 0) is 24.4 Å². The fraction of sp³-hybridized carbons (Fsp3) is 0.667. The highest BCUT2D eigenvalue weighted by atomic mass is 16.5. The van der Waals surface area contributed by atoms with Gasteiger partial charge in [-0.25, -0.2) is 0 Å². The molecule has 0 amide bonds. The first-order chi connectivity index (χ1) is 7.56. The smallest absolute Gasteiger partial charge is 0.254 e. The number of carbonyl (C=O) groups excluding carboxylic acids is 1. The van der Waals surface area contributed by atoms with Gasteiger partial charge in [0.05, 0.1) is 12.5 Å². The lowest BCUT2D eigenvalue weighted by Gasteiger charge is -2.13. The number of carbonyl (C=O) groups is 1. The van der Waals surface area contributed by atoms with Gasteiger partial charge in [0, 0.05) is 6.07 Å². The first kappa shape index (κ1) is 12.7. The average molecular weight is 225 g/mol. The average Bonchev–Trinajstić information content (AvgIpc) is 2.62. The molecule has 0 N–H and O–H groups in total. The number of rotatable bonds is 6. The van der Waals surface area contributed by atoms with Crippen molar-refractivity contribution in [2.45, 2.75) is 40.0 Å². The molecule has 0 aliphatic rings. The molecule has 1 aromatic rings. The number of Topliss-reactive ketones (excluding diaryl/α,β-unsaturated/α-hetero) is 1. The molecule has 1 aromatic heterocycles. The van der Waals surface area contributed by atoms with Gasteiger partial charge in [0.2, 0.25) is 0 Å². The van der Waals surface area contributed by atoms with Crippen LogP contribution in [0.3, 0.4) is 0 Å². The van der Waals surface area contributed by atoms with Gasteiger partial charge < -0.3 is 9.26 Å². The van der Waals surface area contributed by atoms with Crippen LogP contribution in [-0.2, 0) is 4.79 Å². The molecule has 0 spiro atoms. The second-order valence-electron chi connectivity index (χ2n) is 4.25. The van der Waals surface area contributed by atoms with Crippen molar-refractivity contribution in [3.8, 4) is 5.88 Å². The Labute approximate surface area is 96.0 Å². The van der Waals surface area contributed by atoms with E-state index in [4.69, 9.17) is 9.26 Å². The summed E-state index contributed by atoms with van der Waals surface area (Å²) in [6, 6.07) is 1.71. The predicted octanol–water partition coefficient (Wildman–Crippen LogP) is 2.79. The molecule has 0 saturated carbocycles. The molecule has 4 nitrogen and oxygen atoms in total. The normalized spacial score (nSPS) is 12.8. The van der Waals surface area contributed by atoms with Crippen LogP contribution in [0, 0.1) is 5.92 Å². The fourth-order valence-corrected chi connectivity index (χ4v) is 1.69. The van der Waals surface area contributed by atoms with Crippen molar-refractivity contribution in [1.82, 2.24) is 5.16 Å². The molecule has 1 unspecified atom stereocenters. The Hall–Kier alpha value is -1.32. The topological polar surface area (TPSA) is 52.3 Å². The molecule has 90 valence electrons. The zero-order chi connectivity index (χ0) is 12.1. The van der Waals surface area contributed by atoms with E-state index in [1.54, 1.807) is 13.0 Å². The van der Waals surface area contributed by atoms with E-state index in [9.17, 15) is 4.79 Å². The second-order valence-corrected chi connectivity index (χ2v) is 4.25. The number of ether oxygens (including phenoxy) is 1. The standard InChI is InChI=1S/C12H19NO3/c1-5-6-15-11-7-10(16-13-11)12(8(2)3)9(4)14/h7-8,12H,5-6H2,1-4H3. The van der Waals surface area contributed by atoms with Crippen molar-refractivity contribution in [3.05, 3.63) is 11.8 Å². The van der Waals surface area contributed by atoms with E-state index in [0.717, 1.165) is 6.42 Å². The Balaban J connectivity index is 2.78. The Bertz CT molecular complexity index is 344.